The van der Waals surface area contributed by atoms with Gasteiger partial charge in [0.25, 0.3) is 0 Å². The number of rotatable bonds is 8. The number of hydrogen-bond donors (Lipinski definition) is 2. The van der Waals surface area contributed by atoms with Crippen molar-refractivity contribution >= 4 is 16.9 Å². The summed E-state index contributed by atoms with van der Waals surface area (Å²) >= 11 is 0. The molecule has 8 nitrogen and oxygen atoms in total. The van der Waals surface area contributed by atoms with E-state index in [9.17, 15) is 15.0 Å². The summed E-state index contributed by atoms with van der Waals surface area (Å²) in [5.74, 6) is 0.197. The molecule has 0 bridgehead atoms. The molecule has 2 saturated carbocycles. The first-order valence-electron chi connectivity index (χ1n) is 15.7. The maximum absolute atomic E-state index is 11.8. The highest BCUT2D eigenvalue weighted by Crippen LogP contribution is 2.64. The Morgan fingerprint density at radius 3 is 2.55 bits per heavy atom. The van der Waals surface area contributed by atoms with E-state index in [4.69, 9.17) is 15.2 Å². The molecule has 2 N–H and O–H groups in total. The molecule has 2 aliphatic carbocycles. The molecule has 2 aliphatic rings. The van der Waals surface area contributed by atoms with Gasteiger partial charge in [0.15, 0.2) is 0 Å². The molecule has 44 heavy (non-hydrogen) atoms. The molecule has 5 aromatic rings. The van der Waals surface area contributed by atoms with Crippen LogP contribution >= 0.6 is 0 Å². The molecule has 0 saturated heterocycles. The number of hydrogen-bond acceptors (Lipinski definition) is 5. The molecule has 0 radical (unpaired) electrons. The summed E-state index contributed by atoms with van der Waals surface area (Å²) < 4.78 is 3.85. The lowest BCUT2D eigenvalue weighted by Gasteiger charge is -2.25. The van der Waals surface area contributed by atoms with Crippen molar-refractivity contribution in [1.29, 1.82) is 0 Å². The molecule has 0 spiro atoms. The summed E-state index contributed by atoms with van der Waals surface area (Å²) in [5.41, 5.74) is 8.40. The second kappa shape index (κ2) is 10.7. The molecular formula is C36H39N5O3. The van der Waals surface area contributed by atoms with Crippen LogP contribution in [0.15, 0.2) is 66.9 Å². The summed E-state index contributed by atoms with van der Waals surface area (Å²) in [5, 5.41) is 31.5. The molecule has 2 fully saturated rings. The van der Waals surface area contributed by atoms with Gasteiger partial charge in [-0.25, -0.2) is 4.68 Å². The summed E-state index contributed by atoms with van der Waals surface area (Å²) in [6, 6.07) is 20.0. The Labute approximate surface area is 257 Å². The molecule has 4 atom stereocenters. The van der Waals surface area contributed by atoms with Gasteiger partial charge in [-0.3, -0.25) is 14.5 Å². The molecule has 8 heteroatoms. The van der Waals surface area contributed by atoms with Crippen LogP contribution in [0.2, 0.25) is 0 Å². The molecule has 7 rings (SSSR count). The van der Waals surface area contributed by atoms with Crippen LogP contribution in [0, 0.1) is 25.2 Å². The number of carboxylic acid groups (broad SMARTS) is 1. The summed E-state index contributed by atoms with van der Waals surface area (Å²) in [4.78, 5) is 16.8. The Kier molecular flexibility index (Phi) is 6.92. The van der Waals surface area contributed by atoms with E-state index in [1.165, 1.54) is 5.56 Å². The van der Waals surface area contributed by atoms with E-state index in [-0.39, 0.29) is 11.8 Å². The van der Waals surface area contributed by atoms with Crippen LogP contribution in [0.4, 0.5) is 0 Å². The number of pyridine rings is 1. The monoisotopic (exact) mass is 589 g/mol. The number of aromatic nitrogens is 5. The second-order valence-corrected chi connectivity index (χ2v) is 13.1. The van der Waals surface area contributed by atoms with E-state index in [0.717, 1.165) is 76.2 Å². The summed E-state index contributed by atoms with van der Waals surface area (Å²) in [6.07, 6.45) is 4.69. The number of nitrogens with zero attached hydrogens (tertiary/aromatic N) is 5. The zero-order chi connectivity index (χ0) is 30.7. The van der Waals surface area contributed by atoms with Crippen LogP contribution in [0.3, 0.4) is 0 Å². The van der Waals surface area contributed by atoms with Gasteiger partial charge in [0, 0.05) is 40.0 Å². The van der Waals surface area contributed by atoms with Crippen molar-refractivity contribution in [2.24, 2.45) is 11.3 Å². The smallest absolute Gasteiger partial charge is 0.309 e. The third kappa shape index (κ3) is 4.72. The van der Waals surface area contributed by atoms with E-state index in [0.29, 0.717) is 12.5 Å². The maximum atomic E-state index is 11.8. The van der Waals surface area contributed by atoms with Crippen molar-refractivity contribution in [3.8, 4) is 16.9 Å². The third-order valence-corrected chi connectivity index (χ3v) is 10.0. The van der Waals surface area contributed by atoms with Gasteiger partial charge >= 0.3 is 5.97 Å². The van der Waals surface area contributed by atoms with E-state index in [1.807, 2.05) is 64.9 Å². The fourth-order valence-corrected chi connectivity index (χ4v) is 7.54. The highest BCUT2D eigenvalue weighted by molar-refractivity contribution is 5.94. The minimum atomic E-state index is -0.655. The first-order chi connectivity index (χ1) is 21.2. The minimum Gasteiger partial charge on any atom is -0.481 e. The van der Waals surface area contributed by atoms with Crippen LogP contribution in [0.25, 0.3) is 27.8 Å². The van der Waals surface area contributed by atoms with Crippen molar-refractivity contribution in [3.05, 3.63) is 95.1 Å². The molecule has 0 amide bonds. The van der Waals surface area contributed by atoms with Crippen molar-refractivity contribution in [2.75, 3.05) is 0 Å². The van der Waals surface area contributed by atoms with Crippen molar-refractivity contribution in [2.45, 2.75) is 77.9 Å². The number of carbonyl (C=O) groups is 1. The van der Waals surface area contributed by atoms with Crippen LogP contribution in [0.5, 0.6) is 0 Å². The van der Waals surface area contributed by atoms with Gasteiger partial charge in [-0.1, -0.05) is 56.3 Å². The predicted octanol–water partition coefficient (Wildman–Crippen LogP) is 7.12. The van der Waals surface area contributed by atoms with E-state index in [1.54, 1.807) is 0 Å². The molecular weight excluding hydrogens is 550 g/mol. The summed E-state index contributed by atoms with van der Waals surface area (Å²) in [7, 11) is 0. The van der Waals surface area contributed by atoms with E-state index >= 15 is 0 Å². The van der Waals surface area contributed by atoms with Crippen LogP contribution < -0.4 is 0 Å². The number of fused-ring (bicyclic) bond motifs is 2. The number of aliphatic hydroxyl groups is 1. The number of benzene rings is 2. The Hall–Kier alpha value is -4.30. The zero-order valence-corrected chi connectivity index (χ0v) is 25.7. The highest BCUT2D eigenvalue weighted by atomic mass is 16.4. The lowest BCUT2D eigenvalue weighted by atomic mass is 9.80. The molecule has 3 heterocycles. The number of aliphatic hydroxyl groups excluding tert-OH is 1. The standard InChI is InChI=1S/C36H39N5O3/c1-21(2)33-23(4)41(31-14-13-29(37-22(31)3)25-15-16-36(35(43)44)18-26(36)17-25)39-34(33)27-11-8-12-30-28(27)19-40(38-30)20-32(42)24-9-6-5-7-10-24/h5-14,19,21,25-26,32,42H,15-18,20H2,1-4H3,(H,43,44)/t25-,26-,32-,36-/m0/s1. The second-order valence-electron chi connectivity index (χ2n) is 13.1. The fraction of sp³-hybridized carbons (Fsp3) is 0.389. The fourth-order valence-electron chi connectivity index (χ4n) is 7.54. The quantitative estimate of drug-likeness (QED) is 0.200. The Morgan fingerprint density at radius 1 is 1.05 bits per heavy atom. The van der Waals surface area contributed by atoms with Crippen LogP contribution in [0.1, 0.15) is 85.7 Å². The van der Waals surface area contributed by atoms with Gasteiger partial charge in [-0.05, 0) is 75.1 Å². The average Bonchev–Trinajstić information content (AvgIpc) is 3.47. The SMILES string of the molecule is Cc1nc([C@H]2CC[C@]3(C(=O)O)C[C@@H]3C2)ccc1-n1nc(-c2cccc3nn(C[C@H](O)c4ccccc4)cc23)c(C(C)C)c1C. The number of aliphatic carboxylic acids is 1. The van der Waals surface area contributed by atoms with Gasteiger partial charge in [0.05, 0.1) is 40.7 Å². The largest absolute Gasteiger partial charge is 0.481 e. The van der Waals surface area contributed by atoms with Gasteiger partial charge in [-0.15, -0.1) is 0 Å². The topological polar surface area (TPSA) is 106 Å². The van der Waals surface area contributed by atoms with Gasteiger partial charge in [0.1, 0.15) is 0 Å². The van der Waals surface area contributed by atoms with E-state index in [2.05, 4.69) is 39.0 Å². The molecule has 3 aromatic heterocycles. The lowest BCUT2D eigenvalue weighted by molar-refractivity contribution is -0.144. The Balaban J connectivity index is 1.21. The lowest BCUT2D eigenvalue weighted by Crippen LogP contribution is -2.23. The normalized spacial score (nSPS) is 21.9. The average molecular weight is 590 g/mol. The minimum absolute atomic E-state index is 0.242. The van der Waals surface area contributed by atoms with Crippen molar-refractivity contribution in [3.63, 3.8) is 0 Å². The Bertz CT molecular complexity index is 1870. The van der Waals surface area contributed by atoms with Gasteiger partial charge in [0.2, 0.25) is 0 Å². The van der Waals surface area contributed by atoms with Crippen molar-refractivity contribution in [1.82, 2.24) is 24.5 Å². The Morgan fingerprint density at radius 2 is 1.84 bits per heavy atom. The van der Waals surface area contributed by atoms with Crippen LogP contribution in [-0.2, 0) is 11.3 Å². The highest BCUT2D eigenvalue weighted by Gasteiger charge is 2.62. The first kappa shape index (κ1) is 28.5. The zero-order valence-electron chi connectivity index (χ0n) is 25.7. The molecule has 2 aromatic carbocycles. The first-order valence-corrected chi connectivity index (χ1v) is 15.7. The molecule has 0 unspecified atom stereocenters. The predicted molar refractivity (Wildman–Crippen MR) is 170 cm³/mol. The third-order valence-electron chi connectivity index (χ3n) is 10.0. The van der Waals surface area contributed by atoms with E-state index < -0.39 is 17.5 Å². The van der Waals surface area contributed by atoms with Crippen molar-refractivity contribution < 1.29 is 15.0 Å². The number of carboxylic acids is 1. The summed E-state index contributed by atoms with van der Waals surface area (Å²) in [6.45, 7) is 8.92. The molecule has 0 aliphatic heterocycles. The van der Waals surface area contributed by atoms with Crippen LogP contribution in [-0.4, -0.2) is 40.7 Å². The molecule has 226 valence electrons. The number of aryl methyl sites for hydroxylation is 1. The van der Waals surface area contributed by atoms with Gasteiger partial charge in [-0.2, -0.15) is 10.2 Å². The maximum Gasteiger partial charge on any atom is 0.309 e. The van der Waals surface area contributed by atoms with Gasteiger partial charge < -0.3 is 10.2 Å².